The van der Waals surface area contributed by atoms with Crippen molar-refractivity contribution in [2.45, 2.75) is 28.1 Å². The van der Waals surface area contributed by atoms with E-state index in [1.165, 1.54) is 22.5 Å². The molecule has 2 aliphatic rings. The van der Waals surface area contributed by atoms with E-state index in [0.717, 1.165) is 18.0 Å². The highest BCUT2D eigenvalue weighted by Gasteiger charge is 2.45. The van der Waals surface area contributed by atoms with E-state index in [4.69, 9.17) is 0 Å². The Labute approximate surface area is 151 Å². The fourth-order valence-corrected chi connectivity index (χ4v) is 6.85. The lowest BCUT2D eigenvalue weighted by Gasteiger charge is -2.19. The molecule has 1 aromatic carbocycles. The standard InChI is InChI=1S/C17H20FN3O2S2/c1-20-7-6-19-17(20)24-14-8-12-10-21(11-13(12)9-14)25(22,23)16-5-3-2-4-15(16)18/h2-7,12-14H,8-11H2,1H3/t12-,13+,14+. The van der Waals surface area contributed by atoms with Gasteiger partial charge in [0.05, 0.1) is 0 Å². The Kier molecular flexibility index (Phi) is 4.37. The number of halogens is 1. The summed E-state index contributed by atoms with van der Waals surface area (Å²) in [5.41, 5.74) is 0. The molecule has 2 heterocycles. The third kappa shape index (κ3) is 3.11. The minimum atomic E-state index is -3.75. The van der Waals surface area contributed by atoms with E-state index in [9.17, 15) is 12.8 Å². The van der Waals surface area contributed by atoms with Gasteiger partial charge in [0.1, 0.15) is 10.7 Å². The van der Waals surface area contributed by atoms with Gasteiger partial charge in [0, 0.05) is 37.8 Å². The van der Waals surface area contributed by atoms with Crippen LogP contribution in [0.1, 0.15) is 12.8 Å². The van der Waals surface area contributed by atoms with E-state index in [1.807, 2.05) is 17.8 Å². The van der Waals surface area contributed by atoms with Crippen LogP contribution in [-0.2, 0) is 17.1 Å². The lowest BCUT2D eigenvalue weighted by molar-refractivity contribution is 0.441. The second-order valence-electron chi connectivity index (χ2n) is 6.80. The summed E-state index contributed by atoms with van der Waals surface area (Å²) in [6.07, 6.45) is 5.68. The second kappa shape index (κ2) is 6.41. The van der Waals surface area contributed by atoms with Gasteiger partial charge in [-0.05, 0) is 36.8 Å². The van der Waals surface area contributed by atoms with Crippen molar-refractivity contribution in [2.24, 2.45) is 18.9 Å². The number of nitrogens with zero attached hydrogens (tertiary/aromatic N) is 3. The monoisotopic (exact) mass is 381 g/mol. The van der Waals surface area contributed by atoms with Crippen molar-refractivity contribution in [3.63, 3.8) is 0 Å². The molecule has 4 rings (SSSR count). The van der Waals surface area contributed by atoms with Gasteiger partial charge in [-0.1, -0.05) is 23.9 Å². The molecule has 134 valence electrons. The first-order valence-electron chi connectivity index (χ1n) is 8.34. The summed E-state index contributed by atoms with van der Waals surface area (Å²) in [7, 11) is -1.77. The number of aromatic nitrogens is 2. The van der Waals surface area contributed by atoms with E-state index in [-0.39, 0.29) is 4.90 Å². The Morgan fingerprint density at radius 3 is 2.48 bits per heavy atom. The van der Waals surface area contributed by atoms with Crippen LogP contribution in [0.15, 0.2) is 46.7 Å². The van der Waals surface area contributed by atoms with Crippen LogP contribution in [0.5, 0.6) is 0 Å². The average molecular weight is 381 g/mol. The van der Waals surface area contributed by atoms with E-state index in [2.05, 4.69) is 4.98 Å². The summed E-state index contributed by atoms with van der Waals surface area (Å²) in [6.45, 7) is 0.970. The van der Waals surface area contributed by atoms with Crippen molar-refractivity contribution >= 4 is 21.8 Å². The van der Waals surface area contributed by atoms with Crippen LogP contribution in [0.4, 0.5) is 4.39 Å². The minimum absolute atomic E-state index is 0.214. The first kappa shape index (κ1) is 17.1. The van der Waals surface area contributed by atoms with Crippen LogP contribution in [0.3, 0.4) is 0 Å². The van der Waals surface area contributed by atoms with Gasteiger partial charge in [-0.15, -0.1) is 0 Å². The Morgan fingerprint density at radius 1 is 1.20 bits per heavy atom. The summed E-state index contributed by atoms with van der Waals surface area (Å²) in [4.78, 5) is 4.14. The van der Waals surface area contributed by atoms with E-state index >= 15 is 0 Å². The van der Waals surface area contributed by atoms with Crippen LogP contribution >= 0.6 is 11.8 Å². The lowest BCUT2D eigenvalue weighted by Crippen LogP contribution is -2.30. The molecule has 0 amide bonds. The molecular weight excluding hydrogens is 361 g/mol. The topological polar surface area (TPSA) is 55.2 Å². The highest BCUT2D eigenvalue weighted by atomic mass is 32.2. The van der Waals surface area contributed by atoms with Crippen LogP contribution in [0.25, 0.3) is 0 Å². The molecule has 1 aromatic heterocycles. The molecule has 25 heavy (non-hydrogen) atoms. The highest BCUT2D eigenvalue weighted by molar-refractivity contribution is 7.99. The summed E-state index contributed by atoms with van der Waals surface area (Å²) in [5, 5.41) is 1.47. The zero-order valence-electron chi connectivity index (χ0n) is 13.9. The van der Waals surface area contributed by atoms with Gasteiger partial charge in [-0.2, -0.15) is 4.31 Å². The number of fused-ring (bicyclic) bond motifs is 1. The number of aryl methyl sites for hydroxylation is 1. The lowest BCUT2D eigenvalue weighted by atomic mass is 10.0. The Hall–Kier alpha value is -1.38. The van der Waals surface area contributed by atoms with E-state index in [0.29, 0.717) is 30.2 Å². The van der Waals surface area contributed by atoms with Gasteiger partial charge in [-0.25, -0.2) is 17.8 Å². The van der Waals surface area contributed by atoms with Gasteiger partial charge < -0.3 is 4.57 Å². The maximum absolute atomic E-state index is 13.9. The zero-order chi connectivity index (χ0) is 17.6. The van der Waals surface area contributed by atoms with Crippen LogP contribution < -0.4 is 0 Å². The largest absolute Gasteiger partial charge is 0.329 e. The molecule has 0 spiro atoms. The predicted octanol–water partition coefficient (Wildman–Crippen LogP) is 2.75. The molecule has 1 aliphatic carbocycles. The van der Waals surface area contributed by atoms with Crippen molar-refractivity contribution in [3.05, 3.63) is 42.5 Å². The minimum Gasteiger partial charge on any atom is -0.329 e. The highest BCUT2D eigenvalue weighted by Crippen LogP contribution is 2.45. The summed E-state index contributed by atoms with van der Waals surface area (Å²) in [6, 6.07) is 5.61. The summed E-state index contributed by atoms with van der Waals surface area (Å²) in [5.74, 6) is 0.0152. The van der Waals surface area contributed by atoms with Crippen molar-refractivity contribution in [3.8, 4) is 0 Å². The molecule has 2 fully saturated rings. The fourth-order valence-electron chi connectivity index (χ4n) is 3.90. The van der Waals surface area contributed by atoms with Crippen molar-refractivity contribution in [1.29, 1.82) is 0 Å². The molecule has 5 nitrogen and oxygen atoms in total. The molecule has 0 radical (unpaired) electrons. The Bertz CT molecular complexity index is 870. The smallest absolute Gasteiger partial charge is 0.246 e. The SMILES string of the molecule is Cn1ccnc1S[C@H]1C[C@@H]2CN(S(=O)(=O)c3ccccc3F)C[C@@H]2C1. The molecule has 2 aromatic rings. The number of hydrogen-bond donors (Lipinski definition) is 0. The average Bonchev–Trinajstić information content (AvgIpc) is 3.23. The van der Waals surface area contributed by atoms with E-state index in [1.54, 1.807) is 24.0 Å². The Morgan fingerprint density at radius 2 is 1.88 bits per heavy atom. The first-order valence-corrected chi connectivity index (χ1v) is 10.7. The van der Waals surface area contributed by atoms with Crippen molar-refractivity contribution < 1.29 is 12.8 Å². The number of sulfonamides is 1. The van der Waals surface area contributed by atoms with Crippen molar-refractivity contribution in [2.75, 3.05) is 13.1 Å². The zero-order valence-corrected chi connectivity index (χ0v) is 15.5. The molecule has 1 saturated heterocycles. The number of imidazole rings is 1. The number of benzene rings is 1. The number of rotatable bonds is 4. The van der Waals surface area contributed by atoms with Gasteiger partial charge in [0.2, 0.25) is 10.0 Å². The molecule has 0 unspecified atom stereocenters. The molecule has 0 bridgehead atoms. The number of hydrogen-bond acceptors (Lipinski definition) is 4. The van der Waals surface area contributed by atoms with Gasteiger partial charge in [0.15, 0.2) is 5.16 Å². The van der Waals surface area contributed by atoms with Crippen molar-refractivity contribution in [1.82, 2.24) is 13.9 Å². The fraction of sp³-hybridized carbons (Fsp3) is 0.471. The third-order valence-electron chi connectivity index (χ3n) is 5.18. The van der Waals surface area contributed by atoms with E-state index < -0.39 is 15.8 Å². The Balaban J connectivity index is 1.44. The van der Waals surface area contributed by atoms with Crippen LogP contribution in [-0.4, -0.2) is 40.6 Å². The predicted molar refractivity (Wildman–Crippen MR) is 94.2 cm³/mol. The van der Waals surface area contributed by atoms with Crippen LogP contribution in [0.2, 0.25) is 0 Å². The molecule has 8 heteroatoms. The third-order valence-corrected chi connectivity index (χ3v) is 8.37. The molecule has 1 saturated carbocycles. The normalized spacial score (nSPS) is 26.9. The first-order chi connectivity index (χ1) is 11.9. The molecule has 1 aliphatic heterocycles. The molecule has 0 N–H and O–H groups in total. The molecule has 3 atom stereocenters. The molecular formula is C17H20FN3O2S2. The van der Waals surface area contributed by atoms with Crippen LogP contribution in [0, 0.1) is 17.7 Å². The van der Waals surface area contributed by atoms with Gasteiger partial charge in [-0.3, -0.25) is 0 Å². The van der Waals surface area contributed by atoms with Gasteiger partial charge >= 0.3 is 0 Å². The number of thioether (sulfide) groups is 1. The maximum Gasteiger partial charge on any atom is 0.246 e. The maximum atomic E-state index is 13.9. The quantitative estimate of drug-likeness (QED) is 0.817. The van der Waals surface area contributed by atoms with Gasteiger partial charge in [0.25, 0.3) is 0 Å². The summed E-state index contributed by atoms with van der Waals surface area (Å²) < 4.78 is 42.9. The summed E-state index contributed by atoms with van der Waals surface area (Å²) >= 11 is 1.77. The second-order valence-corrected chi connectivity index (χ2v) is 9.98.